The third kappa shape index (κ3) is 20.3. The van der Waals surface area contributed by atoms with Crippen molar-refractivity contribution in [3.8, 4) is 11.5 Å². The topological polar surface area (TPSA) is 186 Å². The van der Waals surface area contributed by atoms with Crippen LogP contribution in [0.25, 0.3) is 21.8 Å². The van der Waals surface area contributed by atoms with Gasteiger partial charge in [0.05, 0.1) is 11.0 Å². The number of aryl methyl sites for hydroxylation is 2. The second-order valence-corrected chi connectivity index (χ2v) is 18.0. The van der Waals surface area contributed by atoms with Crippen LogP contribution in [0.3, 0.4) is 0 Å². The van der Waals surface area contributed by atoms with Gasteiger partial charge in [0.15, 0.2) is 0 Å². The third-order valence-electron chi connectivity index (χ3n) is 12.7. The molecular formula is C57H75LiN6O7. The number of rotatable bonds is 21. The van der Waals surface area contributed by atoms with Gasteiger partial charge in [0.25, 0.3) is 0 Å². The Morgan fingerprint density at radius 3 is 1.52 bits per heavy atom. The minimum Gasteiger partial charge on any atom is -0.550 e. The molecule has 1 amide bonds. The molecule has 2 aliphatic rings. The van der Waals surface area contributed by atoms with Crippen molar-refractivity contribution in [3.05, 3.63) is 145 Å². The average molecular weight is 963 g/mol. The Morgan fingerprint density at radius 2 is 1.07 bits per heavy atom. The summed E-state index contributed by atoms with van der Waals surface area (Å²) in [4.78, 5) is 36.3. The van der Waals surface area contributed by atoms with Gasteiger partial charge in [-0.15, -0.1) is 0 Å². The smallest absolute Gasteiger partial charge is 0.550 e. The first-order chi connectivity index (χ1) is 33.7. The Labute approximate surface area is 433 Å². The van der Waals surface area contributed by atoms with E-state index < -0.39 is 18.2 Å². The van der Waals surface area contributed by atoms with E-state index in [0.717, 1.165) is 98.7 Å². The summed E-state index contributed by atoms with van der Waals surface area (Å²) in [5.74, 6) is 0.356. The monoisotopic (exact) mass is 963 g/mol. The summed E-state index contributed by atoms with van der Waals surface area (Å²) < 4.78 is 11.7. The van der Waals surface area contributed by atoms with E-state index in [4.69, 9.17) is 15.2 Å². The van der Waals surface area contributed by atoms with Crippen LogP contribution in [0.2, 0.25) is 0 Å². The Hall–Kier alpha value is -5.36. The molecule has 5 N–H and O–H groups in total. The van der Waals surface area contributed by atoms with Crippen molar-refractivity contribution < 1.29 is 53.2 Å². The second kappa shape index (κ2) is 32.6. The zero-order valence-corrected chi connectivity index (χ0v) is 41.0. The van der Waals surface area contributed by atoms with Gasteiger partial charge < -0.3 is 50.4 Å². The first kappa shape index (κ1) is 58.2. The molecule has 376 valence electrons. The van der Waals surface area contributed by atoms with Crippen molar-refractivity contribution in [1.29, 1.82) is 0 Å². The number of nitrogens with zero attached hydrogens (tertiary/aromatic N) is 4. The van der Waals surface area contributed by atoms with Gasteiger partial charge in [0.2, 0.25) is 5.91 Å². The summed E-state index contributed by atoms with van der Waals surface area (Å²) >= 11 is 0. The maximum atomic E-state index is 12.5. The second-order valence-electron chi connectivity index (χ2n) is 18.0. The number of aliphatic hydroxyl groups excluding tert-OH is 2. The van der Waals surface area contributed by atoms with Gasteiger partial charge >= 0.3 is 18.9 Å². The van der Waals surface area contributed by atoms with Crippen molar-refractivity contribution >= 4 is 33.7 Å². The molecule has 6 aromatic rings. The molecule has 0 aliphatic carbocycles. The molecule has 8 rings (SSSR count). The number of aliphatic carboxylic acids is 1. The van der Waals surface area contributed by atoms with Crippen LogP contribution in [0, 0.1) is 11.8 Å². The number of benzene rings is 4. The average Bonchev–Trinajstić information content (AvgIpc) is 3.38. The molecule has 0 saturated carbocycles. The van der Waals surface area contributed by atoms with Crippen molar-refractivity contribution in [1.82, 2.24) is 25.1 Å². The van der Waals surface area contributed by atoms with E-state index in [9.17, 15) is 24.9 Å². The molecule has 0 radical (unpaired) electrons. The van der Waals surface area contributed by atoms with Crippen LogP contribution in [0.15, 0.2) is 134 Å². The molecule has 13 nitrogen and oxygen atoms in total. The van der Waals surface area contributed by atoms with Crippen LogP contribution in [-0.2, 0) is 22.4 Å². The number of carboxylic acids is 1. The SMILES string of the molecule is C.NCCCCc1ccccc1.O=C(NCCCCc1ccccc1)C1CCN(C[C@@H](O)COc2cccc3ncccc23)CC1.O=C([O-])C1CCN(C[C@@H](O)COc2cccc3ncccc23)CC1.[Li+]. The number of amides is 1. The minimum atomic E-state index is -0.969. The van der Waals surface area contributed by atoms with Gasteiger partial charge in [-0.1, -0.05) is 80.2 Å². The number of likely N-dealkylation sites (tertiary alicyclic amines) is 2. The molecule has 2 saturated heterocycles. The number of carboxylic acid groups (broad SMARTS) is 1. The summed E-state index contributed by atoms with van der Waals surface area (Å²) in [6, 6.07) is 40.1. The van der Waals surface area contributed by atoms with Crippen molar-refractivity contribution in [3.63, 3.8) is 0 Å². The van der Waals surface area contributed by atoms with Crippen molar-refractivity contribution in [2.24, 2.45) is 17.6 Å². The number of fused-ring (bicyclic) bond motifs is 2. The summed E-state index contributed by atoms with van der Waals surface area (Å²) in [5.41, 5.74) is 9.90. The molecule has 4 aromatic carbocycles. The molecule has 0 unspecified atom stereocenters. The van der Waals surface area contributed by atoms with Crippen LogP contribution in [0.4, 0.5) is 0 Å². The molecular weight excluding hydrogens is 888 g/mol. The normalized spacial score (nSPS) is 15.1. The number of nitrogens with two attached hydrogens (primary N) is 1. The molecule has 2 atom stereocenters. The number of nitrogens with one attached hydrogen (secondary N) is 1. The molecule has 0 spiro atoms. The Balaban J connectivity index is 0.000000257. The quantitative estimate of drug-likeness (QED) is 0.0604. The van der Waals surface area contributed by atoms with Crippen molar-refractivity contribution in [2.75, 3.05) is 65.6 Å². The van der Waals surface area contributed by atoms with E-state index in [1.165, 1.54) is 17.5 Å². The molecule has 0 bridgehead atoms. The van der Waals surface area contributed by atoms with Crippen molar-refractivity contribution in [2.45, 2.75) is 83.8 Å². The number of unbranched alkanes of at least 4 members (excludes halogenated alkanes) is 2. The standard InChI is InChI=1S/C28H35N3O3.C18H22N2O4.C10H15N.CH4.Li/c32-24(21-34-27-13-6-12-26-25(27)11-7-17-29-26)20-31-18-14-23(15-19-31)28(33)30-16-5-4-10-22-8-2-1-3-9-22;21-14(11-20-9-6-13(7-10-20)18(22)23)12-24-17-5-1-4-16-15(17)3-2-8-19-16;11-9-5-4-8-10-6-2-1-3-7-10;;/h1-3,6-9,11-13,17,23-24,32H,4-5,10,14-16,18-21H2,(H,30,33);1-5,8,13-14,21H,6-7,9-12H2,(H,22,23);1-3,6-7H,4-5,8-9,11H2;1H4;/q;;;;+1/p-1/t24-;14-;;;/m11.../s1. The molecule has 2 aliphatic heterocycles. The van der Waals surface area contributed by atoms with Crippen LogP contribution < -0.4 is 44.5 Å². The molecule has 4 heterocycles. The number of piperidine rings is 2. The largest absolute Gasteiger partial charge is 1.00 e. The Bertz CT molecular complexity index is 2390. The first-order valence-electron chi connectivity index (χ1n) is 24.8. The van der Waals surface area contributed by atoms with Crippen LogP contribution in [-0.4, -0.2) is 120 Å². The number of ether oxygens (including phenoxy) is 2. The summed E-state index contributed by atoms with van der Waals surface area (Å²) in [7, 11) is 0. The van der Waals surface area contributed by atoms with Gasteiger partial charge in [-0.05, 0) is 157 Å². The van der Waals surface area contributed by atoms with E-state index in [0.29, 0.717) is 44.8 Å². The van der Waals surface area contributed by atoms with Gasteiger partial charge in [-0.3, -0.25) is 14.8 Å². The zero-order chi connectivity index (χ0) is 48.5. The van der Waals surface area contributed by atoms with E-state index in [1.807, 2.05) is 72.8 Å². The number of carbonyl (C=O) groups excluding carboxylic acids is 2. The number of hydrogen-bond acceptors (Lipinski definition) is 12. The zero-order valence-electron chi connectivity index (χ0n) is 41.0. The Morgan fingerprint density at radius 1 is 0.620 bits per heavy atom. The fourth-order valence-corrected chi connectivity index (χ4v) is 8.78. The minimum absolute atomic E-state index is 0. The van der Waals surface area contributed by atoms with E-state index in [-0.39, 0.29) is 57.2 Å². The predicted molar refractivity (Wildman–Crippen MR) is 277 cm³/mol. The predicted octanol–water partition coefficient (Wildman–Crippen LogP) is 3.87. The number of aliphatic hydroxyl groups is 2. The number of aromatic nitrogens is 2. The van der Waals surface area contributed by atoms with Crippen LogP contribution in [0.5, 0.6) is 11.5 Å². The number of hydrogen-bond donors (Lipinski definition) is 4. The molecule has 71 heavy (non-hydrogen) atoms. The number of pyridine rings is 2. The number of carbonyl (C=O) groups is 2. The van der Waals surface area contributed by atoms with Gasteiger partial charge in [0, 0.05) is 60.6 Å². The summed E-state index contributed by atoms with van der Waals surface area (Å²) in [6.07, 6.45) is 11.7. The van der Waals surface area contributed by atoms with Crippen LogP contribution in [0.1, 0.15) is 69.9 Å². The maximum Gasteiger partial charge on any atom is 1.00 e. The fourth-order valence-electron chi connectivity index (χ4n) is 8.78. The van der Waals surface area contributed by atoms with Crippen LogP contribution >= 0.6 is 0 Å². The first-order valence-corrected chi connectivity index (χ1v) is 24.8. The molecule has 2 aromatic heterocycles. The summed E-state index contributed by atoms with van der Waals surface area (Å²) in [6.45, 7) is 5.97. The molecule has 2 fully saturated rings. The summed E-state index contributed by atoms with van der Waals surface area (Å²) in [5, 5.41) is 36.5. The fraction of sp³-hybridized carbons (Fsp3) is 0.439. The van der Waals surface area contributed by atoms with Gasteiger partial charge in [-0.2, -0.15) is 0 Å². The maximum absolute atomic E-state index is 12.5. The van der Waals surface area contributed by atoms with Gasteiger partial charge in [-0.25, -0.2) is 0 Å². The van der Waals surface area contributed by atoms with E-state index in [1.54, 1.807) is 12.4 Å². The molecule has 14 heteroatoms. The third-order valence-corrected chi connectivity index (χ3v) is 12.7. The Kier molecular flexibility index (Phi) is 26.7. The van der Waals surface area contributed by atoms with Gasteiger partial charge in [0.1, 0.15) is 36.9 Å². The van der Waals surface area contributed by atoms with E-state index >= 15 is 0 Å². The number of β-amino-alcohol motifs (C(OH)–C–C–N with tert-alkyl or cyclic N) is 2. The van der Waals surface area contributed by atoms with E-state index in [2.05, 4.69) is 73.6 Å².